The molecule has 14 heteroatoms. The van der Waals surface area contributed by atoms with Gasteiger partial charge in [0, 0.05) is 75.3 Å². The number of aromatic nitrogens is 4. The molecule has 2 aliphatic rings. The van der Waals surface area contributed by atoms with E-state index in [4.69, 9.17) is 4.74 Å². The molecule has 2 N–H and O–H groups in total. The summed E-state index contributed by atoms with van der Waals surface area (Å²) in [6, 6.07) is 19.1. The zero-order valence-corrected chi connectivity index (χ0v) is 32.8. The molecule has 1 saturated heterocycles. The quantitative estimate of drug-likeness (QED) is 0.0776. The molecule has 5 heterocycles. The number of aryl methyl sites for hydroxylation is 3. The van der Waals surface area contributed by atoms with Crippen LogP contribution in [-0.4, -0.2) is 83.6 Å². The van der Waals surface area contributed by atoms with Crippen LogP contribution in [0, 0.1) is 6.92 Å². The predicted octanol–water partition coefficient (Wildman–Crippen LogP) is 6.79. The van der Waals surface area contributed by atoms with Crippen LogP contribution in [-0.2, 0) is 25.3 Å². The number of fused-ring (bicyclic) bond motifs is 3. The summed E-state index contributed by atoms with van der Waals surface area (Å²) in [5, 5.41) is 12.7. The average Bonchev–Trinajstić information content (AvgIpc) is 3.99. The van der Waals surface area contributed by atoms with Gasteiger partial charge in [-0.15, -0.1) is 0 Å². The molecule has 0 spiro atoms. The molecule has 14 nitrogen and oxygen atoms in total. The topological polar surface area (TPSA) is 170 Å². The van der Waals surface area contributed by atoms with Crippen molar-refractivity contribution >= 4 is 58.1 Å². The number of rotatable bonds is 12. The minimum absolute atomic E-state index is 0.0677. The van der Waals surface area contributed by atoms with Crippen molar-refractivity contribution in [2.45, 2.75) is 38.6 Å². The lowest BCUT2D eigenvalue weighted by Gasteiger charge is -2.20. The number of ketones is 1. The molecular formula is C45H41N7O7. The van der Waals surface area contributed by atoms with Crippen LogP contribution in [0.2, 0.25) is 0 Å². The number of carboxylic acids is 1. The summed E-state index contributed by atoms with van der Waals surface area (Å²) in [5.41, 5.74) is 6.57. The summed E-state index contributed by atoms with van der Waals surface area (Å²) in [4.78, 5) is 75.0. The highest BCUT2D eigenvalue weighted by molar-refractivity contribution is 6.04. The van der Waals surface area contributed by atoms with Crippen LogP contribution < -0.4 is 10.1 Å². The van der Waals surface area contributed by atoms with Crippen molar-refractivity contribution in [3.63, 3.8) is 0 Å². The number of hydrogen-bond acceptors (Lipinski definition) is 8. The van der Waals surface area contributed by atoms with Crippen molar-refractivity contribution in [2.75, 3.05) is 18.5 Å². The Hall–Kier alpha value is -7.35. The molecule has 0 radical (unpaired) electrons. The normalized spacial score (nSPS) is 14.6. The van der Waals surface area contributed by atoms with Crippen molar-refractivity contribution < 1.29 is 33.8 Å². The minimum Gasteiger partial charge on any atom is -0.493 e. The average molecular weight is 792 g/mol. The molecule has 1 fully saturated rings. The Morgan fingerprint density at radius 1 is 0.966 bits per heavy atom. The number of nitrogens with zero attached hydrogens (tertiary/aromatic N) is 6. The van der Waals surface area contributed by atoms with E-state index in [0.29, 0.717) is 53.0 Å². The summed E-state index contributed by atoms with van der Waals surface area (Å²) in [5.74, 6) is -0.750. The van der Waals surface area contributed by atoms with Crippen molar-refractivity contribution in [1.82, 2.24) is 23.6 Å². The lowest BCUT2D eigenvalue weighted by atomic mass is 10.0. The molecule has 1 atom stereocenters. The van der Waals surface area contributed by atoms with Gasteiger partial charge < -0.3 is 29.2 Å². The molecule has 0 aliphatic carbocycles. The van der Waals surface area contributed by atoms with Gasteiger partial charge in [0.1, 0.15) is 11.4 Å². The van der Waals surface area contributed by atoms with E-state index >= 15 is 0 Å². The number of benzene rings is 3. The first-order valence-electron chi connectivity index (χ1n) is 19.1. The standard InChI is InChI=1S/C45H41N7O7/c1-26-16-33-22-46-35-21-39(27(2)17-34(35)43(55)52(33)23-26)59-15-5-6-41(54)47-40-25-50(4)42(48-40)38(53)18-28-7-9-29(10-8-28)32-20-37(49(3)24-32)44(56)51-14-13-30-19-31(45(57)58)11-12-36(30)51/h7-14,17,19-22,24-25,33H,1,5-6,15-16,18,23H2,2-4H3,(H,47,54)(H,57,58). The van der Waals surface area contributed by atoms with Gasteiger partial charge in [0.2, 0.25) is 11.7 Å². The predicted molar refractivity (Wildman–Crippen MR) is 222 cm³/mol. The summed E-state index contributed by atoms with van der Waals surface area (Å²) in [7, 11) is 3.49. The molecule has 8 rings (SSSR count). The van der Waals surface area contributed by atoms with Gasteiger partial charge in [0.05, 0.1) is 35.0 Å². The van der Waals surface area contributed by atoms with E-state index in [0.717, 1.165) is 27.8 Å². The molecule has 6 aromatic rings. The van der Waals surface area contributed by atoms with Crippen molar-refractivity contribution in [3.05, 3.63) is 131 Å². The first kappa shape index (κ1) is 38.5. The third kappa shape index (κ3) is 7.72. The SMILES string of the molecule is C=C1CC2C=Nc3cc(OCCCC(=O)Nc4cn(C)c(C(=O)Cc5ccc(-c6cc(C(=O)n7ccc8cc(C(=O)O)ccc87)n(C)c6)cc5)n4)c(C)cc3C(=O)N2C1. The smallest absolute Gasteiger partial charge is 0.335 e. The Labute approximate surface area is 339 Å². The fourth-order valence-electron chi connectivity index (χ4n) is 7.61. The second-order valence-corrected chi connectivity index (χ2v) is 15.0. The number of imidazole rings is 1. The number of anilines is 1. The first-order valence-corrected chi connectivity index (χ1v) is 19.1. The monoisotopic (exact) mass is 791 g/mol. The highest BCUT2D eigenvalue weighted by atomic mass is 16.5. The maximum Gasteiger partial charge on any atom is 0.335 e. The van der Waals surface area contributed by atoms with Gasteiger partial charge in [-0.25, -0.2) is 9.78 Å². The van der Waals surface area contributed by atoms with E-state index in [-0.39, 0.29) is 66.2 Å². The van der Waals surface area contributed by atoms with Crippen LogP contribution in [0.25, 0.3) is 22.0 Å². The largest absolute Gasteiger partial charge is 0.493 e. The Bertz CT molecular complexity index is 2750. The number of carbonyl (C=O) groups excluding carboxylic acids is 4. The molecular weight excluding hydrogens is 751 g/mol. The third-order valence-electron chi connectivity index (χ3n) is 10.7. The molecule has 3 aromatic heterocycles. The van der Waals surface area contributed by atoms with Gasteiger partial charge in [0.15, 0.2) is 11.6 Å². The number of ether oxygens (including phenoxy) is 1. The molecule has 2 amide bonds. The van der Waals surface area contributed by atoms with Crippen LogP contribution in [0.15, 0.2) is 102 Å². The third-order valence-corrected chi connectivity index (χ3v) is 10.7. The van der Waals surface area contributed by atoms with E-state index in [2.05, 4.69) is 21.9 Å². The fraction of sp³-hybridized carbons (Fsp3) is 0.222. The lowest BCUT2D eigenvalue weighted by Crippen LogP contribution is -2.35. The second-order valence-electron chi connectivity index (χ2n) is 15.0. The van der Waals surface area contributed by atoms with Gasteiger partial charge in [0.25, 0.3) is 11.8 Å². The molecule has 2 aliphatic heterocycles. The fourth-order valence-corrected chi connectivity index (χ4v) is 7.61. The van der Waals surface area contributed by atoms with E-state index in [1.165, 1.54) is 16.7 Å². The summed E-state index contributed by atoms with van der Waals surface area (Å²) in [6.07, 6.45) is 8.29. The van der Waals surface area contributed by atoms with E-state index in [1.54, 1.807) is 77.1 Å². The highest BCUT2D eigenvalue weighted by Crippen LogP contribution is 2.35. The lowest BCUT2D eigenvalue weighted by molar-refractivity contribution is -0.116. The maximum atomic E-state index is 13.5. The highest BCUT2D eigenvalue weighted by Gasteiger charge is 2.34. The summed E-state index contributed by atoms with van der Waals surface area (Å²) < 4.78 is 10.8. The number of aliphatic imine (C=N–C) groups is 1. The summed E-state index contributed by atoms with van der Waals surface area (Å²) in [6.45, 7) is 6.71. The molecule has 298 valence electrons. The Balaban J connectivity index is 0.836. The van der Waals surface area contributed by atoms with Gasteiger partial charge in [-0.2, -0.15) is 0 Å². The van der Waals surface area contributed by atoms with E-state index < -0.39 is 5.97 Å². The molecule has 1 unspecified atom stereocenters. The van der Waals surface area contributed by atoms with Gasteiger partial charge in [-0.05, 0) is 72.9 Å². The van der Waals surface area contributed by atoms with Crippen LogP contribution in [0.3, 0.4) is 0 Å². The summed E-state index contributed by atoms with van der Waals surface area (Å²) >= 11 is 0. The minimum atomic E-state index is -1.03. The number of nitrogens with one attached hydrogen (secondary N) is 1. The van der Waals surface area contributed by atoms with E-state index in [1.807, 2.05) is 37.4 Å². The van der Waals surface area contributed by atoms with Gasteiger partial charge in [-0.1, -0.05) is 36.4 Å². The number of carboxylic acid groups (broad SMARTS) is 1. The zero-order chi connectivity index (χ0) is 41.5. The molecule has 0 saturated carbocycles. The van der Waals surface area contributed by atoms with Crippen LogP contribution in [0.1, 0.15) is 72.2 Å². The van der Waals surface area contributed by atoms with Crippen molar-refractivity contribution in [3.8, 4) is 16.9 Å². The maximum absolute atomic E-state index is 13.5. The number of hydrogen-bond donors (Lipinski definition) is 2. The number of Topliss-reactive ketones (excluding diaryl/α,β-unsaturated/α-hetero) is 1. The number of aromatic carboxylic acids is 1. The Morgan fingerprint density at radius 3 is 2.54 bits per heavy atom. The van der Waals surface area contributed by atoms with Crippen molar-refractivity contribution in [2.24, 2.45) is 19.1 Å². The Kier molecular flexibility index (Phi) is 10.1. The first-order chi connectivity index (χ1) is 28.3. The number of carbonyl (C=O) groups is 5. The molecule has 59 heavy (non-hydrogen) atoms. The molecule has 3 aromatic carbocycles. The van der Waals surface area contributed by atoms with Crippen molar-refractivity contribution in [1.29, 1.82) is 0 Å². The zero-order valence-electron chi connectivity index (χ0n) is 32.8. The molecule has 0 bridgehead atoms. The van der Waals surface area contributed by atoms with E-state index in [9.17, 15) is 29.1 Å². The van der Waals surface area contributed by atoms with Crippen LogP contribution in [0.4, 0.5) is 11.5 Å². The Morgan fingerprint density at radius 2 is 1.76 bits per heavy atom. The van der Waals surface area contributed by atoms with Crippen LogP contribution >= 0.6 is 0 Å². The second kappa shape index (κ2) is 15.5. The van der Waals surface area contributed by atoms with Gasteiger partial charge in [-0.3, -0.25) is 28.7 Å². The van der Waals surface area contributed by atoms with Crippen LogP contribution in [0.5, 0.6) is 5.75 Å². The van der Waals surface area contributed by atoms with Gasteiger partial charge >= 0.3 is 5.97 Å². The number of amides is 2.